The van der Waals surface area contributed by atoms with E-state index in [1.807, 2.05) is 6.07 Å². The Bertz CT molecular complexity index is 511. The first-order chi connectivity index (χ1) is 9.67. The molecule has 0 aliphatic heterocycles. The van der Waals surface area contributed by atoms with Gasteiger partial charge in [0.05, 0.1) is 16.4 Å². The maximum absolute atomic E-state index is 11.0. The van der Waals surface area contributed by atoms with Crippen LogP contribution in [-0.4, -0.2) is 4.92 Å². The summed E-state index contributed by atoms with van der Waals surface area (Å²) in [5, 5.41) is 20.6. The number of nitro groups is 1. The van der Waals surface area contributed by atoms with Crippen LogP contribution in [0.3, 0.4) is 0 Å². The van der Waals surface area contributed by atoms with Crippen molar-refractivity contribution in [1.29, 1.82) is 5.26 Å². The zero-order chi connectivity index (χ0) is 14.4. The second kappa shape index (κ2) is 6.51. The Balaban J connectivity index is 2.11. The van der Waals surface area contributed by atoms with Gasteiger partial charge < -0.3 is 0 Å². The van der Waals surface area contributed by atoms with Crippen LogP contribution < -0.4 is 0 Å². The Morgan fingerprint density at radius 1 is 1.20 bits per heavy atom. The first-order valence-corrected chi connectivity index (χ1v) is 7.30. The van der Waals surface area contributed by atoms with Gasteiger partial charge in [0.15, 0.2) is 0 Å². The number of para-hydroxylation sites is 1. The van der Waals surface area contributed by atoms with Crippen LogP contribution in [0.4, 0.5) is 5.69 Å². The van der Waals surface area contributed by atoms with Crippen molar-refractivity contribution >= 4 is 5.69 Å². The number of hydrogen-bond donors (Lipinski definition) is 0. The van der Waals surface area contributed by atoms with Crippen molar-refractivity contribution in [1.82, 2.24) is 0 Å². The Kier molecular flexibility index (Phi) is 4.73. The van der Waals surface area contributed by atoms with Crippen molar-refractivity contribution in [2.75, 3.05) is 0 Å². The molecule has 1 aromatic carbocycles. The van der Waals surface area contributed by atoms with E-state index >= 15 is 0 Å². The molecular formula is C16H20N2O2. The number of nitrogens with zero attached hydrogens (tertiary/aromatic N) is 2. The third kappa shape index (κ3) is 3.36. The zero-order valence-electron chi connectivity index (χ0n) is 11.7. The minimum absolute atomic E-state index is 0.175. The molecular weight excluding hydrogens is 252 g/mol. The summed E-state index contributed by atoms with van der Waals surface area (Å²) in [7, 11) is 0. The lowest BCUT2D eigenvalue weighted by Gasteiger charge is -2.24. The van der Waals surface area contributed by atoms with Gasteiger partial charge in [0.1, 0.15) is 0 Å². The Morgan fingerprint density at radius 3 is 2.45 bits per heavy atom. The minimum atomic E-state index is -0.332. The van der Waals surface area contributed by atoms with Crippen LogP contribution in [0, 0.1) is 26.9 Å². The van der Waals surface area contributed by atoms with Gasteiger partial charge in [-0.05, 0) is 25.7 Å². The molecule has 20 heavy (non-hydrogen) atoms. The third-order valence-electron chi connectivity index (χ3n) is 4.36. The molecule has 0 saturated heterocycles. The Hall–Kier alpha value is -1.89. The maximum Gasteiger partial charge on any atom is 0.272 e. The van der Waals surface area contributed by atoms with E-state index < -0.39 is 0 Å². The van der Waals surface area contributed by atoms with Crippen molar-refractivity contribution in [2.24, 2.45) is 5.41 Å². The molecule has 4 heteroatoms. The number of nitro benzene ring substituents is 1. The van der Waals surface area contributed by atoms with E-state index in [2.05, 4.69) is 6.07 Å². The fraction of sp³-hybridized carbons (Fsp3) is 0.562. The maximum atomic E-state index is 11.0. The van der Waals surface area contributed by atoms with Gasteiger partial charge in [-0.1, -0.05) is 43.9 Å². The lowest BCUT2D eigenvalue weighted by atomic mass is 9.77. The fourth-order valence-corrected chi connectivity index (χ4v) is 3.10. The topological polar surface area (TPSA) is 66.9 Å². The van der Waals surface area contributed by atoms with Crippen LogP contribution in [0.15, 0.2) is 24.3 Å². The van der Waals surface area contributed by atoms with Crippen LogP contribution in [0.1, 0.15) is 50.5 Å². The van der Waals surface area contributed by atoms with E-state index in [-0.39, 0.29) is 16.0 Å². The summed E-state index contributed by atoms with van der Waals surface area (Å²) >= 11 is 0. The molecule has 0 bridgehead atoms. The lowest BCUT2D eigenvalue weighted by molar-refractivity contribution is -0.385. The van der Waals surface area contributed by atoms with Crippen molar-refractivity contribution in [3.05, 3.63) is 39.9 Å². The molecule has 1 fully saturated rings. The summed E-state index contributed by atoms with van der Waals surface area (Å²) in [5.74, 6) is 0. The number of nitriles is 1. The van der Waals surface area contributed by atoms with Crippen LogP contribution in [-0.2, 0) is 6.42 Å². The number of rotatable bonds is 4. The predicted octanol–water partition coefficient (Wildman–Crippen LogP) is 4.39. The van der Waals surface area contributed by atoms with Crippen molar-refractivity contribution in [3.63, 3.8) is 0 Å². The van der Waals surface area contributed by atoms with Gasteiger partial charge in [-0.2, -0.15) is 5.26 Å². The highest BCUT2D eigenvalue weighted by Crippen LogP contribution is 2.39. The summed E-state index contributed by atoms with van der Waals surface area (Å²) in [6, 6.07) is 9.37. The molecule has 0 aromatic heterocycles. The smallest absolute Gasteiger partial charge is 0.258 e. The SMILES string of the molecule is N#CC1(CCc2ccccc2[N+](=O)[O-])CCCCCC1. The highest BCUT2D eigenvalue weighted by atomic mass is 16.6. The summed E-state index contributed by atoms with van der Waals surface area (Å²) in [6.45, 7) is 0. The summed E-state index contributed by atoms with van der Waals surface area (Å²) in [4.78, 5) is 10.7. The van der Waals surface area contributed by atoms with E-state index in [1.165, 1.54) is 12.8 Å². The first kappa shape index (κ1) is 14.5. The summed E-state index contributed by atoms with van der Waals surface area (Å²) in [6.07, 6.45) is 7.83. The molecule has 0 heterocycles. The van der Waals surface area contributed by atoms with Gasteiger partial charge >= 0.3 is 0 Å². The highest BCUT2D eigenvalue weighted by molar-refractivity contribution is 5.40. The molecule has 0 radical (unpaired) electrons. The molecule has 4 nitrogen and oxygen atoms in total. The Morgan fingerprint density at radius 2 is 1.85 bits per heavy atom. The van der Waals surface area contributed by atoms with E-state index in [9.17, 15) is 15.4 Å². The number of aryl methyl sites for hydroxylation is 1. The first-order valence-electron chi connectivity index (χ1n) is 7.30. The van der Waals surface area contributed by atoms with Gasteiger partial charge in [0.2, 0.25) is 0 Å². The largest absolute Gasteiger partial charge is 0.272 e. The average molecular weight is 272 g/mol. The molecule has 0 N–H and O–H groups in total. The van der Waals surface area contributed by atoms with Crippen molar-refractivity contribution in [2.45, 2.75) is 51.4 Å². The molecule has 1 aliphatic carbocycles. The number of hydrogen-bond acceptors (Lipinski definition) is 3. The molecule has 0 amide bonds. The number of benzene rings is 1. The van der Waals surface area contributed by atoms with E-state index in [0.29, 0.717) is 6.42 Å². The van der Waals surface area contributed by atoms with Crippen molar-refractivity contribution in [3.8, 4) is 6.07 Å². The highest BCUT2D eigenvalue weighted by Gasteiger charge is 2.31. The molecule has 0 spiro atoms. The monoisotopic (exact) mass is 272 g/mol. The summed E-state index contributed by atoms with van der Waals surface area (Å²) in [5.41, 5.74) is 0.644. The van der Waals surface area contributed by atoms with E-state index in [4.69, 9.17) is 0 Å². The minimum Gasteiger partial charge on any atom is -0.258 e. The molecule has 106 valence electrons. The molecule has 2 rings (SSSR count). The predicted molar refractivity (Wildman–Crippen MR) is 77.2 cm³/mol. The van der Waals surface area contributed by atoms with Crippen LogP contribution >= 0.6 is 0 Å². The normalized spacial score (nSPS) is 17.9. The second-order valence-electron chi connectivity index (χ2n) is 5.69. The fourth-order valence-electron chi connectivity index (χ4n) is 3.10. The molecule has 0 unspecified atom stereocenters. The molecule has 0 atom stereocenters. The Labute approximate surface area is 119 Å². The lowest BCUT2D eigenvalue weighted by Crippen LogP contribution is -2.18. The summed E-state index contributed by atoms with van der Waals surface area (Å²) < 4.78 is 0. The van der Waals surface area contributed by atoms with Gasteiger partial charge in [-0.15, -0.1) is 0 Å². The van der Waals surface area contributed by atoms with Gasteiger partial charge in [0.25, 0.3) is 5.69 Å². The van der Waals surface area contributed by atoms with Crippen LogP contribution in [0.2, 0.25) is 0 Å². The average Bonchev–Trinajstić information content (AvgIpc) is 2.71. The van der Waals surface area contributed by atoms with Gasteiger partial charge in [-0.25, -0.2) is 0 Å². The van der Waals surface area contributed by atoms with Crippen molar-refractivity contribution < 1.29 is 4.92 Å². The second-order valence-corrected chi connectivity index (χ2v) is 5.69. The van der Waals surface area contributed by atoms with Gasteiger partial charge in [-0.3, -0.25) is 10.1 Å². The zero-order valence-corrected chi connectivity index (χ0v) is 11.7. The van der Waals surface area contributed by atoms with Crippen LogP contribution in [0.5, 0.6) is 0 Å². The van der Waals surface area contributed by atoms with E-state index in [0.717, 1.165) is 37.7 Å². The van der Waals surface area contributed by atoms with Gasteiger partial charge in [0, 0.05) is 11.6 Å². The standard InChI is InChI=1S/C16H20N2O2/c17-13-16(10-5-1-2-6-11-16)12-9-14-7-3-4-8-15(14)18(19)20/h3-4,7-8H,1-2,5-6,9-12H2. The third-order valence-corrected chi connectivity index (χ3v) is 4.36. The molecule has 1 saturated carbocycles. The quantitative estimate of drug-likeness (QED) is 0.463. The van der Waals surface area contributed by atoms with E-state index in [1.54, 1.807) is 18.2 Å². The molecule has 1 aromatic rings. The molecule has 1 aliphatic rings. The van der Waals surface area contributed by atoms with Crippen LogP contribution in [0.25, 0.3) is 0 Å².